The third kappa shape index (κ3) is 6.16. The van der Waals surface area contributed by atoms with Gasteiger partial charge >= 0.3 is 5.97 Å². The van der Waals surface area contributed by atoms with E-state index in [1.807, 2.05) is 24.3 Å². The Hall–Kier alpha value is -1.40. The first kappa shape index (κ1) is 16.7. The van der Waals surface area contributed by atoms with Crippen LogP contribution in [0.25, 0.3) is 0 Å². The lowest BCUT2D eigenvalue weighted by molar-refractivity contribution is -0.142. The van der Waals surface area contributed by atoms with Crippen molar-refractivity contribution < 1.29 is 19.4 Å². The number of carbonyl (C=O) groups is 2. The fourth-order valence-corrected chi connectivity index (χ4v) is 2.21. The van der Waals surface area contributed by atoms with Crippen LogP contribution in [0.1, 0.15) is 18.4 Å². The molecule has 20 heavy (non-hydrogen) atoms. The number of aliphatic carboxylic acids is 1. The van der Waals surface area contributed by atoms with Crippen molar-refractivity contribution in [2.45, 2.75) is 25.3 Å². The predicted octanol–water partition coefficient (Wildman–Crippen LogP) is 1.99. The molecule has 0 saturated carbocycles. The monoisotopic (exact) mass is 343 g/mol. The fraction of sp³-hybridized carbons (Fsp3) is 0.429. The van der Waals surface area contributed by atoms with Crippen LogP contribution in [0.5, 0.6) is 0 Å². The third-order valence-electron chi connectivity index (χ3n) is 2.73. The number of methoxy groups -OCH3 is 1. The first-order valence-corrected chi connectivity index (χ1v) is 7.07. The Morgan fingerprint density at radius 2 is 2.20 bits per heavy atom. The second kappa shape index (κ2) is 8.71. The molecule has 0 spiro atoms. The molecule has 1 amide bonds. The maximum Gasteiger partial charge on any atom is 0.326 e. The van der Waals surface area contributed by atoms with Crippen LogP contribution >= 0.6 is 15.9 Å². The van der Waals surface area contributed by atoms with E-state index in [1.165, 1.54) is 0 Å². The quantitative estimate of drug-likeness (QED) is 0.707. The number of amides is 1. The van der Waals surface area contributed by atoms with Crippen molar-refractivity contribution in [2.75, 3.05) is 13.7 Å². The number of carboxylic acid groups (broad SMARTS) is 1. The van der Waals surface area contributed by atoms with Gasteiger partial charge in [0.25, 0.3) is 0 Å². The molecule has 0 aliphatic rings. The van der Waals surface area contributed by atoms with Crippen LogP contribution in [0.3, 0.4) is 0 Å². The highest BCUT2D eigenvalue weighted by Gasteiger charge is 2.19. The first-order chi connectivity index (χ1) is 9.52. The second-order valence-electron chi connectivity index (χ2n) is 4.40. The summed E-state index contributed by atoms with van der Waals surface area (Å²) in [5.74, 6) is -1.32. The number of hydrogen-bond donors (Lipinski definition) is 2. The number of rotatable bonds is 8. The zero-order valence-corrected chi connectivity index (χ0v) is 12.9. The van der Waals surface area contributed by atoms with E-state index in [1.54, 1.807) is 7.11 Å². The number of benzene rings is 1. The van der Waals surface area contributed by atoms with E-state index in [2.05, 4.69) is 21.2 Å². The highest BCUT2D eigenvalue weighted by Crippen LogP contribution is 2.12. The first-order valence-electron chi connectivity index (χ1n) is 6.28. The highest BCUT2D eigenvalue weighted by molar-refractivity contribution is 9.10. The molecular weight excluding hydrogens is 326 g/mol. The van der Waals surface area contributed by atoms with Crippen LogP contribution in [0.4, 0.5) is 0 Å². The lowest BCUT2D eigenvalue weighted by Crippen LogP contribution is -2.41. The Labute approximate surface area is 126 Å². The van der Waals surface area contributed by atoms with E-state index in [0.717, 1.165) is 10.0 Å². The van der Waals surface area contributed by atoms with E-state index in [4.69, 9.17) is 9.84 Å². The van der Waals surface area contributed by atoms with Gasteiger partial charge in [-0.1, -0.05) is 28.1 Å². The van der Waals surface area contributed by atoms with Crippen LogP contribution in [0, 0.1) is 0 Å². The lowest BCUT2D eigenvalue weighted by atomic mass is 10.1. The predicted molar refractivity (Wildman–Crippen MR) is 78.5 cm³/mol. The maximum absolute atomic E-state index is 11.9. The molecule has 0 bridgehead atoms. The van der Waals surface area contributed by atoms with Crippen LogP contribution in [-0.2, 0) is 20.7 Å². The molecule has 110 valence electrons. The minimum absolute atomic E-state index is 0.160. The number of carbonyl (C=O) groups excluding carboxylic acids is 1. The molecule has 0 aliphatic carbocycles. The summed E-state index contributed by atoms with van der Waals surface area (Å²) >= 11 is 3.33. The Bertz CT molecular complexity index is 464. The summed E-state index contributed by atoms with van der Waals surface area (Å²) in [4.78, 5) is 22.9. The standard InChI is InChI=1S/C14H18BrNO4/c1-20-7-3-6-12(14(18)19)16-13(17)9-10-4-2-5-11(15)8-10/h2,4-5,8,12H,3,6-7,9H2,1H3,(H,16,17)(H,18,19). The van der Waals surface area contributed by atoms with Crippen LogP contribution < -0.4 is 5.32 Å². The Kier molecular flexibility index (Phi) is 7.25. The van der Waals surface area contributed by atoms with Gasteiger partial charge in [-0.3, -0.25) is 4.79 Å². The van der Waals surface area contributed by atoms with E-state index in [-0.39, 0.29) is 12.3 Å². The molecule has 1 unspecified atom stereocenters. The zero-order valence-electron chi connectivity index (χ0n) is 11.3. The van der Waals surface area contributed by atoms with Crippen molar-refractivity contribution in [3.8, 4) is 0 Å². The van der Waals surface area contributed by atoms with Crippen molar-refractivity contribution in [3.63, 3.8) is 0 Å². The van der Waals surface area contributed by atoms with E-state index < -0.39 is 12.0 Å². The summed E-state index contributed by atoms with van der Waals surface area (Å²) in [6.07, 6.45) is 1.10. The SMILES string of the molecule is COCCCC(NC(=O)Cc1cccc(Br)c1)C(=O)O. The molecule has 2 N–H and O–H groups in total. The van der Waals surface area contributed by atoms with Crippen LogP contribution in [0.2, 0.25) is 0 Å². The van der Waals surface area contributed by atoms with Gasteiger partial charge in [-0.15, -0.1) is 0 Å². The van der Waals surface area contributed by atoms with Gasteiger partial charge in [0.2, 0.25) is 5.91 Å². The van der Waals surface area contributed by atoms with Crippen molar-refractivity contribution in [2.24, 2.45) is 0 Å². The van der Waals surface area contributed by atoms with Crippen LogP contribution in [0.15, 0.2) is 28.7 Å². The van der Waals surface area contributed by atoms with E-state index in [0.29, 0.717) is 19.4 Å². The summed E-state index contributed by atoms with van der Waals surface area (Å²) in [7, 11) is 1.56. The summed E-state index contributed by atoms with van der Waals surface area (Å²) in [5.41, 5.74) is 0.831. The highest BCUT2D eigenvalue weighted by atomic mass is 79.9. The number of ether oxygens (including phenoxy) is 1. The minimum Gasteiger partial charge on any atom is -0.480 e. The van der Waals surface area contributed by atoms with Gasteiger partial charge in [-0.25, -0.2) is 4.79 Å². The molecule has 1 aromatic carbocycles. The summed E-state index contributed by atoms with van der Waals surface area (Å²) in [6.45, 7) is 0.477. The van der Waals surface area contributed by atoms with E-state index in [9.17, 15) is 9.59 Å². The minimum atomic E-state index is -1.02. The van der Waals surface area contributed by atoms with Crippen molar-refractivity contribution in [1.82, 2.24) is 5.32 Å². The molecule has 1 atom stereocenters. The smallest absolute Gasteiger partial charge is 0.326 e. The Balaban J connectivity index is 2.51. The summed E-state index contributed by atoms with van der Waals surface area (Å²) in [6, 6.07) is 6.49. The molecule has 0 radical (unpaired) electrons. The van der Waals surface area contributed by atoms with Gasteiger partial charge in [0.05, 0.1) is 6.42 Å². The molecule has 5 nitrogen and oxygen atoms in total. The van der Waals surface area contributed by atoms with Gasteiger partial charge in [-0.05, 0) is 30.5 Å². The zero-order chi connectivity index (χ0) is 15.0. The van der Waals surface area contributed by atoms with Crippen molar-refractivity contribution in [1.29, 1.82) is 0 Å². The Morgan fingerprint density at radius 1 is 1.45 bits per heavy atom. The number of halogens is 1. The summed E-state index contributed by atoms with van der Waals surface area (Å²) in [5, 5.41) is 11.6. The van der Waals surface area contributed by atoms with Crippen molar-refractivity contribution in [3.05, 3.63) is 34.3 Å². The topological polar surface area (TPSA) is 75.6 Å². The maximum atomic E-state index is 11.9. The fourth-order valence-electron chi connectivity index (χ4n) is 1.77. The molecule has 0 aromatic heterocycles. The third-order valence-corrected chi connectivity index (χ3v) is 3.22. The lowest BCUT2D eigenvalue weighted by Gasteiger charge is -2.14. The van der Waals surface area contributed by atoms with Gasteiger partial charge in [0.1, 0.15) is 6.04 Å². The number of nitrogens with one attached hydrogen (secondary N) is 1. The molecule has 0 fully saturated rings. The average Bonchev–Trinajstić information content (AvgIpc) is 2.37. The molecular formula is C14H18BrNO4. The molecule has 0 aliphatic heterocycles. The molecule has 0 heterocycles. The van der Waals surface area contributed by atoms with E-state index >= 15 is 0 Å². The van der Waals surface area contributed by atoms with Gasteiger partial charge in [0, 0.05) is 18.2 Å². The van der Waals surface area contributed by atoms with Gasteiger partial charge in [-0.2, -0.15) is 0 Å². The molecule has 1 rings (SSSR count). The second-order valence-corrected chi connectivity index (χ2v) is 5.32. The largest absolute Gasteiger partial charge is 0.480 e. The molecule has 1 aromatic rings. The number of carboxylic acids is 1. The normalized spacial score (nSPS) is 11.9. The summed E-state index contributed by atoms with van der Waals surface area (Å²) < 4.78 is 5.76. The van der Waals surface area contributed by atoms with Gasteiger partial charge < -0.3 is 15.2 Å². The number of hydrogen-bond acceptors (Lipinski definition) is 3. The van der Waals surface area contributed by atoms with Crippen LogP contribution in [-0.4, -0.2) is 36.7 Å². The average molecular weight is 344 g/mol. The van der Waals surface area contributed by atoms with Gasteiger partial charge in [0.15, 0.2) is 0 Å². The van der Waals surface area contributed by atoms with Crippen molar-refractivity contribution >= 4 is 27.8 Å². The Morgan fingerprint density at radius 3 is 2.80 bits per heavy atom. The molecule has 6 heteroatoms. The molecule has 0 saturated heterocycles.